The number of rotatable bonds is 1. The molecule has 1 aliphatic rings. The fourth-order valence-electron chi connectivity index (χ4n) is 0.733. The summed E-state index contributed by atoms with van der Waals surface area (Å²) in [4.78, 5) is 7.80. The number of hydrogen-bond acceptors (Lipinski definition) is 4. The van der Waals surface area contributed by atoms with Gasteiger partial charge < -0.3 is 11.1 Å². The van der Waals surface area contributed by atoms with E-state index in [9.17, 15) is 0 Å². The second-order valence-corrected chi connectivity index (χ2v) is 2.01. The molecule has 0 aromatic heterocycles. The minimum atomic E-state index is -0.113. The Hall–Kier alpha value is -1.32. The van der Waals surface area contributed by atoms with E-state index in [-0.39, 0.29) is 6.17 Å². The maximum absolute atomic E-state index is 5.37. The predicted molar refractivity (Wildman–Crippen MR) is 41.9 cm³/mol. The lowest BCUT2D eigenvalue weighted by atomic mass is 10.4. The van der Waals surface area contributed by atoms with Gasteiger partial charge in [0, 0.05) is 0 Å². The summed E-state index contributed by atoms with van der Waals surface area (Å²) in [5, 5.41) is 2.96. The molecule has 1 heterocycles. The zero-order valence-corrected chi connectivity index (χ0v) is 5.83. The van der Waals surface area contributed by atoms with Crippen molar-refractivity contribution in [2.24, 2.45) is 15.7 Å². The van der Waals surface area contributed by atoms with Crippen LogP contribution in [-0.2, 0) is 0 Å². The molecule has 0 aliphatic carbocycles. The second-order valence-electron chi connectivity index (χ2n) is 2.01. The van der Waals surface area contributed by atoms with Crippen molar-refractivity contribution in [1.82, 2.24) is 5.32 Å². The number of nitrogens with one attached hydrogen (secondary N) is 1. The Bertz CT molecular complexity index is 204. The van der Waals surface area contributed by atoms with E-state index in [1.165, 1.54) is 0 Å². The maximum atomic E-state index is 5.37. The Morgan fingerprint density at radius 2 is 2.50 bits per heavy atom. The standard InChI is InChI=1S/C6H10N4/c1-3-5-8-4(2)9-6(7)10-5/h3,5H,1H2,2H3,(H3,7,8,9,10). The summed E-state index contributed by atoms with van der Waals surface area (Å²) in [6.07, 6.45) is 1.56. The maximum Gasteiger partial charge on any atom is 0.219 e. The first kappa shape index (κ1) is 6.80. The van der Waals surface area contributed by atoms with E-state index in [0.29, 0.717) is 5.96 Å². The van der Waals surface area contributed by atoms with E-state index in [2.05, 4.69) is 21.9 Å². The molecule has 54 valence electrons. The molecule has 1 rings (SSSR count). The molecule has 0 bridgehead atoms. The molecule has 10 heavy (non-hydrogen) atoms. The molecule has 1 aliphatic heterocycles. The fraction of sp³-hybridized carbons (Fsp3) is 0.333. The van der Waals surface area contributed by atoms with Crippen molar-refractivity contribution in [3.8, 4) is 0 Å². The van der Waals surface area contributed by atoms with Gasteiger partial charge in [0.1, 0.15) is 12.0 Å². The van der Waals surface area contributed by atoms with E-state index in [1.807, 2.05) is 6.92 Å². The number of nitrogens with zero attached hydrogens (tertiary/aromatic N) is 2. The quantitative estimate of drug-likeness (QED) is 0.494. The van der Waals surface area contributed by atoms with Crippen LogP contribution in [0.15, 0.2) is 22.6 Å². The van der Waals surface area contributed by atoms with Gasteiger partial charge in [-0.15, -0.1) is 0 Å². The topological polar surface area (TPSA) is 62.8 Å². The van der Waals surface area contributed by atoms with Crippen molar-refractivity contribution in [3.63, 3.8) is 0 Å². The molecule has 4 heteroatoms. The predicted octanol–water partition coefficient (Wildman–Crippen LogP) is -0.165. The van der Waals surface area contributed by atoms with E-state index in [4.69, 9.17) is 5.73 Å². The summed E-state index contributed by atoms with van der Waals surface area (Å²) in [6.45, 7) is 5.40. The molecular formula is C6H10N4. The van der Waals surface area contributed by atoms with Gasteiger partial charge in [0.05, 0.1) is 0 Å². The zero-order chi connectivity index (χ0) is 7.56. The van der Waals surface area contributed by atoms with Gasteiger partial charge in [-0.1, -0.05) is 6.58 Å². The molecule has 4 nitrogen and oxygen atoms in total. The van der Waals surface area contributed by atoms with E-state index in [0.717, 1.165) is 5.84 Å². The van der Waals surface area contributed by atoms with Gasteiger partial charge >= 0.3 is 0 Å². The SMILES string of the molecule is C=CC1N=C(N)N=C(C)N1. The van der Waals surface area contributed by atoms with Crippen molar-refractivity contribution in [3.05, 3.63) is 12.7 Å². The van der Waals surface area contributed by atoms with Gasteiger partial charge in [0.25, 0.3) is 0 Å². The molecular weight excluding hydrogens is 128 g/mol. The highest BCUT2D eigenvalue weighted by molar-refractivity contribution is 5.96. The Morgan fingerprint density at radius 1 is 1.80 bits per heavy atom. The first-order chi connectivity index (χ1) is 4.72. The van der Waals surface area contributed by atoms with Gasteiger partial charge in [-0.3, -0.25) is 0 Å². The van der Waals surface area contributed by atoms with Crippen LogP contribution in [0.4, 0.5) is 0 Å². The van der Waals surface area contributed by atoms with Crippen LogP contribution in [-0.4, -0.2) is 18.0 Å². The Labute approximate surface area is 59.5 Å². The van der Waals surface area contributed by atoms with E-state index < -0.39 is 0 Å². The largest absolute Gasteiger partial charge is 0.368 e. The Kier molecular flexibility index (Phi) is 1.71. The molecule has 1 atom stereocenters. The summed E-state index contributed by atoms with van der Waals surface area (Å²) in [7, 11) is 0. The van der Waals surface area contributed by atoms with Gasteiger partial charge in [-0.25, -0.2) is 9.98 Å². The third-order valence-corrected chi connectivity index (χ3v) is 1.13. The van der Waals surface area contributed by atoms with Crippen LogP contribution in [0.25, 0.3) is 0 Å². The van der Waals surface area contributed by atoms with Crippen LogP contribution >= 0.6 is 0 Å². The van der Waals surface area contributed by atoms with E-state index in [1.54, 1.807) is 6.08 Å². The van der Waals surface area contributed by atoms with Gasteiger partial charge in [-0.2, -0.15) is 0 Å². The molecule has 0 aromatic rings. The lowest BCUT2D eigenvalue weighted by Crippen LogP contribution is -2.36. The van der Waals surface area contributed by atoms with Gasteiger partial charge in [0.15, 0.2) is 0 Å². The normalized spacial score (nSPS) is 24.3. The lowest BCUT2D eigenvalue weighted by molar-refractivity contribution is 0.753. The summed E-state index contributed by atoms with van der Waals surface area (Å²) in [5.41, 5.74) is 5.37. The lowest BCUT2D eigenvalue weighted by Gasteiger charge is -2.15. The summed E-state index contributed by atoms with van der Waals surface area (Å²) in [5.74, 6) is 1.08. The van der Waals surface area contributed by atoms with Crippen LogP contribution < -0.4 is 11.1 Å². The highest BCUT2D eigenvalue weighted by atomic mass is 15.2. The number of guanidine groups is 1. The minimum absolute atomic E-state index is 0.113. The zero-order valence-electron chi connectivity index (χ0n) is 5.83. The van der Waals surface area contributed by atoms with Crippen LogP contribution in [0.5, 0.6) is 0 Å². The molecule has 0 amide bonds. The van der Waals surface area contributed by atoms with Crippen molar-refractivity contribution >= 4 is 11.8 Å². The second kappa shape index (κ2) is 2.51. The molecule has 1 unspecified atom stereocenters. The van der Waals surface area contributed by atoms with Gasteiger partial charge in [-0.05, 0) is 13.0 Å². The molecule has 0 fully saturated rings. The molecule has 0 aromatic carbocycles. The highest BCUT2D eigenvalue weighted by Crippen LogP contribution is 1.94. The first-order valence-corrected chi connectivity index (χ1v) is 3.00. The molecule has 0 saturated carbocycles. The van der Waals surface area contributed by atoms with Gasteiger partial charge in [0.2, 0.25) is 5.96 Å². The number of hydrogen-bond donors (Lipinski definition) is 2. The molecule has 0 saturated heterocycles. The average Bonchev–Trinajstić information content (AvgIpc) is 1.85. The summed E-state index contributed by atoms with van der Waals surface area (Å²) >= 11 is 0. The molecule has 0 radical (unpaired) electrons. The van der Waals surface area contributed by atoms with Crippen LogP contribution in [0, 0.1) is 0 Å². The molecule has 3 N–H and O–H groups in total. The monoisotopic (exact) mass is 138 g/mol. The fourth-order valence-corrected chi connectivity index (χ4v) is 0.733. The number of aliphatic imine (C=N–C) groups is 2. The average molecular weight is 138 g/mol. The Balaban J connectivity index is 2.76. The smallest absolute Gasteiger partial charge is 0.219 e. The highest BCUT2D eigenvalue weighted by Gasteiger charge is 2.07. The molecule has 0 spiro atoms. The number of amidine groups is 1. The summed E-state index contributed by atoms with van der Waals surface area (Å²) in [6, 6.07) is 0. The van der Waals surface area contributed by atoms with Crippen LogP contribution in [0.3, 0.4) is 0 Å². The summed E-state index contributed by atoms with van der Waals surface area (Å²) < 4.78 is 0. The van der Waals surface area contributed by atoms with Crippen molar-refractivity contribution < 1.29 is 0 Å². The third kappa shape index (κ3) is 1.34. The van der Waals surface area contributed by atoms with Crippen LogP contribution in [0.2, 0.25) is 0 Å². The van der Waals surface area contributed by atoms with Crippen molar-refractivity contribution in [2.45, 2.75) is 13.1 Å². The van der Waals surface area contributed by atoms with Crippen LogP contribution in [0.1, 0.15) is 6.92 Å². The van der Waals surface area contributed by atoms with Crippen molar-refractivity contribution in [2.75, 3.05) is 0 Å². The first-order valence-electron chi connectivity index (χ1n) is 3.00. The van der Waals surface area contributed by atoms with Crippen molar-refractivity contribution in [1.29, 1.82) is 0 Å². The third-order valence-electron chi connectivity index (χ3n) is 1.13. The minimum Gasteiger partial charge on any atom is -0.368 e. The van der Waals surface area contributed by atoms with E-state index >= 15 is 0 Å². The number of nitrogens with two attached hydrogens (primary N) is 1. The Morgan fingerprint density at radius 3 is 3.00 bits per heavy atom.